The van der Waals surface area contributed by atoms with Gasteiger partial charge >= 0.3 is 6.03 Å². The average Bonchev–Trinajstić information content (AvgIpc) is 2.38. The van der Waals surface area contributed by atoms with Gasteiger partial charge in [0, 0.05) is 18.8 Å². The van der Waals surface area contributed by atoms with Gasteiger partial charge in [-0.15, -0.1) is 6.58 Å². The lowest BCUT2D eigenvalue weighted by molar-refractivity contribution is 0.195. The minimum atomic E-state index is -0.220. The highest BCUT2D eigenvalue weighted by Gasteiger charge is 2.14. The summed E-state index contributed by atoms with van der Waals surface area (Å²) in [4.78, 5) is 13.6. The Kier molecular flexibility index (Phi) is 6.09. The molecule has 4 nitrogen and oxygen atoms in total. The first-order chi connectivity index (χ1) is 9.10. The van der Waals surface area contributed by atoms with Crippen molar-refractivity contribution in [2.45, 2.75) is 19.8 Å². The molecule has 0 saturated heterocycles. The summed E-state index contributed by atoms with van der Waals surface area (Å²) in [6, 6.07) is 7.52. The molecular formula is C15H22N2O2. The number of hydrogen-bond donors (Lipinski definition) is 2. The summed E-state index contributed by atoms with van der Waals surface area (Å²) in [7, 11) is 0. The Morgan fingerprint density at radius 1 is 1.47 bits per heavy atom. The van der Waals surface area contributed by atoms with E-state index in [1.165, 1.54) is 4.90 Å². The van der Waals surface area contributed by atoms with Gasteiger partial charge in [0.15, 0.2) is 0 Å². The molecular weight excluding hydrogens is 240 g/mol. The van der Waals surface area contributed by atoms with Gasteiger partial charge in [-0.1, -0.05) is 38.1 Å². The van der Waals surface area contributed by atoms with Gasteiger partial charge in [-0.3, -0.25) is 0 Å². The smallest absolute Gasteiger partial charge is 0.322 e. The number of urea groups is 1. The number of carbonyl (C=O) groups is 1. The number of anilines is 1. The lowest BCUT2D eigenvalue weighted by Gasteiger charge is -2.22. The lowest BCUT2D eigenvalue weighted by Crippen LogP contribution is -2.37. The van der Waals surface area contributed by atoms with E-state index in [4.69, 9.17) is 5.11 Å². The molecule has 1 aromatic carbocycles. The Morgan fingerprint density at radius 3 is 2.74 bits per heavy atom. The maximum atomic E-state index is 12.1. The fraction of sp³-hybridized carbons (Fsp3) is 0.400. The Balaban J connectivity index is 2.83. The van der Waals surface area contributed by atoms with Gasteiger partial charge in [0.25, 0.3) is 0 Å². The van der Waals surface area contributed by atoms with E-state index in [1.54, 1.807) is 6.08 Å². The van der Waals surface area contributed by atoms with E-state index in [1.807, 2.05) is 24.3 Å². The Hall–Kier alpha value is -1.81. The number of hydrogen-bond acceptors (Lipinski definition) is 2. The zero-order chi connectivity index (χ0) is 14.3. The number of carbonyl (C=O) groups excluding carboxylic acids is 1. The van der Waals surface area contributed by atoms with Gasteiger partial charge in [-0.05, 0) is 17.5 Å². The van der Waals surface area contributed by atoms with Crippen LogP contribution in [-0.2, 0) is 0 Å². The number of amides is 2. The molecule has 0 aromatic heterocycles. The highest BCUT2D eigenvalue weighted by Crippen LogP contribution is 2.23. The van der Waals surface area contributed by atoms with Crippen molar-refractivity contribution in [3.63, 3.8) is 0 Å². The largest absolute Gasteiger partial charge is 0.395 e. The molecule has 0 bridgehead atoms. The van der Waals surface area contributed by atoms with Crippen LogP contribution in [-0.4, -0.2) is 35.7 Å². The van der Waals surface area contributed by atoms with Crippen LogP contribution in [0.15, 0.2) is 36.9 Å². The summed E-state index contributed by atoms with van der Waals surface area (Å²) in [6.07, 6.45) is 1.64. The minimum Gasteiger partial charge on any atom is -0.395 e. The number of para-hydroxylation sites is 1. The molecule has 0 fully saturated rings. The van der Waals surface area contributed by atoms with Crippen LogP contribution in [0.1, 0.15) is 25.3 Å². The van der Waals surface area contributed by atoms with Gasteiger partial charge in [-0.25, -0.2) is 4.79 Å². The molecule has 0 aliphatic carbocycles. The van der Waals surface area contributed by atoms with E-state index < -0.39 is 0 Å². The van der Waals surface area contributed by atoms with E-state index in [0.717, 1.165) is 11.3 Å². The second-order valence-electron chi connectivity index (χ2n) is 4.63. The molecule has 0 atom stereocenters. The van der Waals surface area contributed by atoms with Crippen molar-refractivity contribution in [3.05, 3.63) is 42.5 Å². The highest BCUT2D eigenvalue weighted by atomic mass is 16.3. The SMILES string of the molecule is C=CCN(CCO)C(=O)Nc1ccccc1C(C)C. The highest BCUT2D eigenvalue weighted by molar-refractivity contribution is 5.90. The first-order valence-electron chi connectivity index (χ1n) is 6.46. The van der Waals surface area contributed by atoms with Crippen molar-refractivity contribution < 1.29 is 9.90 Å². The summed E-state index contributed by atoms with van der Waals surface area (Å²) in [5, 5.41) is 11.9. The fourth-order valence-corrected chi connectivity index (χ4v) is 1.86. The van der Waals surface area contributed by atoms with Gasteiger partial charge in [-0.2, -0.15) is 0 Å². The summed E-state index contributed by atoms with van der Waals surface area (Å²) in [5.41, 5.74) is 1.91. The quantitative estimate of drug-likeness (QED) is 0.775. The summed E-state index contributed by atoms with van der Waals surface area (Å²) >= 11 is 0. The third kappa shape index (κ3) is 4.41. The molecule has 104 valence electrons. The second-order valence-corrected chi connectivity index (χ2v) is 4.63. The van der Waals surface area contributed by atoms with E-state index in [9.17, 15) is 4.79 Å². The van der Waals surface area contributed by atoms with Crippen LogP contribution in [0, 0.1) is 0 Å². The molecule has 0 aliphatic rings. The first kappa shape index (κ1) is 15.2. The van der Waals surface area contributed by atoms with Crippen LogP contribution in [0.2, 0.25) is 0 Å². The van der Waals surface area contributed by atoms with Crippen molar-refractivity contribution in [1.82, 2.24) is 4.90 Å². The molecule has 1 aromatic rings. The topological polar surface area (TPSA) is 52.6 Å². The summed E-state index contributed by atoms with van der Waals surface area (Å²) in [6.45, 7) is 8.43. The van der Waals surface area contributed by atoms with Crippen molar-refractivity contribution in [2.24, 2.45) is 0 Å². The number of aliphatic hydroxyl groups is 1. The van der Waals surface area contributed by atoms with Gasteiger partial charge in [0.2, 0.25) is 0 Å². The van der Waals surface area contributed by atoms with Crippen LogP contribution < -0.4 is 5.32 Å². The lowest BCUT2D eigenvalue weighted by atomic mass is 10.0. The third-order valence-electron chi connectivity index (χ3n) is 2.83. The number of nitrogens with zero attached hydrogens (tertiary/aromatic N) is 1. The molecule has 0 spiro atoms. The average molecular weight is 262 g/mol. The van der Waals surface area contributed by atoms with Gasteiger partial charge in [0.1, 0.15) is 0 Å². The Bertz CT molecular complexity index is 430. The summed E-state index contributed by atoms with van der Waals surface area (Å²) in [5.74, 6) is 0.335. The number of nitrogens with one attached hydrogen (secondary N) is 1. The van der Waals surface area contributed by atoms with Gasteiger partial charge in [0.05, 0.1) is 6.61 Å². The molecule has 0 aliphatic heterocycles. The van der Waals surface area contributed by atoms with Crippen LogP contribution in [0.3, 0.4) is 0 Å². The molecule has 2 N–H and O–H groups in total. The van der Waals surface area contributed by atoms with Crippen molar-refractivity contribution >= 4 is 11.7 Å². The maximum absolute atomic E-state index is 12.1. The van der Waals surface area contributed by atoms with Crippen molar-refractivity contribution in [2.75, 3.05) is 25.0 Å². The molecule has 19 heavy (non-hydrogen) atoms. The standard InChI is InChI=1S/C15H22N2O2/c1-4-9-17(10-11-18)15(19)16-14-8-6-5-7-13(14)12(2)3/h4-8,12,18H,1,9-11H2,2-3H3,(H,16,19). The molecule has 0 radical (unpaired) electrons. The fourth-order valence-electron chi connectivity index (χ4n) is 1.86. The molecule has 2 amide bonds. The number of rotatable bonds is 6. The second kappa shape index (κ2) is 7.59. The Labute approximate surface area is 114 Å². The van der Waals surface area contributed by atoms with Crippen LogP contribution >= 0.6 is 0 Å². The van der Waals surface area contributed by atoms with Crippen molar-refractivity contribution in [1.29, 1.82) is 0 Å². The van der Waals surface area contributed by atoms with Crippen molar-refractivity contribution in [3.8, 4) is 0 Å². The normalized spacial score (nSPS) is 10.3. The molecule has 0 unspecified atom stereocenters. The molecule has 1 rings (SSSR count). The summed E-state index contributed by atoms with van der Waals surface area (Å²) < 4.78 is 0. The van der Waals surface area contributed by atoms with E-state index in [0.29, 0.717) is 19.0 Å². The third-order valence-corrected chi connectivity index (χ3v) is 2.83. The Morgan fingerprint density at radius 2 is 2.16 bits per heavy atom. The monoisotopic (exact) mass is 262 g/mol. The minimum absolute atomic E-state index is 0.0624. The maximum Gasteiger partial charge on any atom is 0.322 e. The predicted molar refractivity (Wildman–Crippen MR) is 78.4 cm³/mol. The molecule has 0 heterocycles. The van der Waals surface area contributed by atoms with E-state index in [-0.39, 0.29) is 12.6 Å². The predicted octanol–water partition coefficient (Wildman–Crippen LogP) is 2.82. The number of aliphatic hydroxyl groups excluding tert-OH is 1. The van der Waals surface area contributed by atoms with Crippen LogP contribution in [0.25, 0.3) is 0 Å². The van der Waals surface area contributed by atoms with Gasteiger partial charge < -0.3 is 15.3 Å². The zero-order valence-corrected chi connectivity index (χ0v) is 11.6. The first-order valence-corrected chi connectivity index (χ1v) is 6.46. The van der Waals surface area contributed by atoms with E-state index in [2.05, 4.69) is 25.7 Å². The van der Waals surface area contributed by atoms with Crippen LogP contribution in [0.4, 0.5) is 10.5 Å². The molecule has 0 saturated carbocycles. The number of benzene rings is 1. The zero-order valence-electron chi connectivity index (χ0n) is 11.6. The van der Waals surface area contributed by atoms with E-state index >= 15 is 0 Å². The molecule has 4 heteroatoms. The van der Waals surface area contributed by atoms with Crippen LogP contribution in [0.5, 0.6) is 0 Å².